The van der Waals surface area contributed by atoms with Crippen LogP contribution in [-0.4, -0.2) is 74.8 Å². The fourth-order valence-electron chi connectivity index (χ4n) is 5.15. The van der Waals surface area contributed by atoms with Crippen molar-refractivity contribution in [2.45, 2.75) is 57.7 Å². The van der Waals surface area contributed by atoms with Gasteiger partial charge in [-0.25, -0.2) is 18.0 Å². The third kappa shape index (κ3) is 6.93. The molecule has 14 heteroatoms. The normalized spacial score (nSPS) is 16.2. The number of nitrogens with zero attached hydrogens (tertiary/aromatic N) is 4. The number of amides is 4. The monoisotopic (exact) mass is 618 g/mol. The van der Waals surface area contributed by atoms with E-state index in [1.165, 1.54) is 34.7 Å². The minimum atomic E-state index is -2.98. The van der Waals surface area contributed by atoms with Crippen LogP contribution in [0, 0.1) is 5.82 Å². The van der Waals surface area contributed by atoms with Crippen LogP contribution in [0.1, 0.15) is 48.7 Å². The molecular formula is C29H30ClF3N6O4. The molecule has 228 valence electrons. The van der Waals surface area contributed by atoms with Crippen LogP contribution in [0.4, 0.5) is 23.7 Å². The zero-order valence-corrected chi connectivity index (χ0v) is 24.1. The van der Waals surface area contributed by atoms with E-state index in [0.29, 0.717) is 18.4 Å². The van der Waals surface area contributed by atoms with Crippen LogP contribution < -0.4 is 10.6 Å². The Morgan fingerprint density at radius 2 is 1.88 bits per heavy atom. The van der Waals surface area contributed by atoms with E-state index in [9.17, 15) is 32.3 Å². The molecule has 0 unspecified atom stereocenters. The van der Waals surface area contributed by atoms with E-state index in [4.69, 9.17) is 11.6 Å². The van der Waals surface area contributed by atoms with Crippen molar-refractivity contribution >= 4 is 51.8 Å². The van der Waals surface area contributed by atoms with Gasteiger partial charge in [0.15, 0.2) is 5.78 Å². The number of piperidine rings is 1. The number of anilines is 1. The van der Waals surface area contributed by atoms with Crippen LogP contribution in [0.25, 0.3) is 10.9 Å². The Morgan fingerprint density at radius 3 is 2.58 bits per heavy atom. The van der Waals surface area contributed by atoms with E-state index in [1.54, 1.807) is 18.2 Å². The van der Waals surface area contributed by atoms with Crippen LogP contribution in [0.3, 0.4) is 0 Å². The maximum Gasteiger partial charge on any atom is 0.322 e. The summed E-state index contributed by atoms with van der Waals surface area (Å²) in [5.74, 6) is -4.93. The van der Waals surface area contributed by atoms with Gasteiger partial charge in [0.05, 0.1) is 34.7 Å². The molecular weight excluding hydrogens is 589 g/mol. The van der Waals surface area contributed by atoms with Crippen LogP contribution in [0.15, 0.2) is 36.4 Å². The molecule has 1 aliphatic heterocycles. The van der Waals surface area contributed by atoms with Crippen molar-refractivity contribution in [2.24, 2.45) is 0 Å². The molecule has 0 radical (unpaired) electrons. The number of carbonyl (C=O) groups is 4. The summed E-state index contributed by atoms with van der Waals surface area (Å²) >= 11 is 5.80. The Morgan fingerprint density at radius 1 is 1.14 bits per heavy atom. The molecule has 43 heavy (non-hydrogen) atoms. The minimum Gasteiger partial charge on any atom is -0.350 e. The van der Waals surface area contributed by atoms with E-state index >= 15 is 0 Å². The predicted octanol–water partition coefficient (Wildman–Crippen LogP) is 4.60. The van der Waals surface area contributed by atoms with Gasteiger partial charge < -0.3 is 20.4 Å². The number of Topliss-reactive ketones (excluding diaryl/α,β-unsaturated/α-hetero) is 1. The van der Waals surface area contributed by atoms with E-state index in [2.05, 4.69) is 15.7 Å². The lowest BCUT2D eigenvalue weighted by Crippen LogP contribution is -2.47. The number of nitrogens with one attached hydrogen (secondary N) is 2. The number of rotatable bonds is 9. The fourth-order valence-corrected chi connectivity index (χ4v) is 5.34. The number of hydrogen-bond acceptors (Lipinski definition) is 5. The average Bonchev–Trinajstić information content (AvgIpc) is 3.73. The lowest BCUT2D eigenvalue weighted by molar-refractivity contribution is -0.137. The number of fused-ring (bicyclic) bond motifs is 1. The van der Waals surface area contributed by atoms with Gasteiger partial charge in [-0.3, -0.25) is 19.1 Å². The highest BCUT2D eigenvalue weighted by atomic mass is 35.5. The lowest BCUT2D eigenvalue weighted by Gasteiger charge is -2.32. The standard InChI is InChI=1S/C29H30ClF3N6O4/c1-17(40)27-25-21(35-28(43)37-12-4-11-29(32,33)16-37)7-3-8-22(25)39(36-27)15-24(42)38(19-9-10-19)14-23(41)34-13-18-5-2-6-20(30)26(18)31/h2-3,5-8,19H,4,9-16H2,1H3,(H,34,41)(H,35,43). The fraction of sp³-hybridized carbons (Fsp3) is 0.414. The van der Waals surface area contributed by atoms with E-state index in [-0.39, 0.29) is 72.4 Å². The summed E-state index contributed by atoms with van der Waals surface area (Å²) in [5, 5.41) is 9.81. The van der Waals surface area contributed by atoms with Crippen molar-refractivity contribution in [2.75, 3.05) is 25.0 Å². The topological polar surface area (TPSA) is 117 Å². The Hall–Kier alpha value is -4.13. The van der Waals surface area contributed by atoms with Crippen LogP contribution >= 0.6 is 11.6 Å². The van der Waals surface area contributed by atoms with Crippen LogP contribution in [0.5, 0.6) is 0 Å². The van der Waals surface area contributed by atoms with Crippen molar-refractivity contribution in [3.05, 3.63) is 58.5 Å². The van der Waals surface area contributed by atoms with Crippen molar-refractivity contribution < 1.29 is 32.3 Å². The first kappa shape index (κ1) is 30.3. The summed E-state index contributed by atoms with van der Waals surface area (Å²) in [6.07, 6.45) is 1.30. The largest absolute Gasteiger partial charge is 0.350 e. The third-order valence-electron chi connectivity index (χ3n) is 7.45. The van der Waals surface area contributed by atoms with Gasteiger partial charge in [-0.1, -0.05) is 29.8 Å². The Balaban J connectivity index is 1.32. The van der Waals surface area contributed by atoms with Crippen molar-refractivity contribution in [3.63, 3.8) is 0 Å². The molecule has 0 bridgehead atoms. The van der Waals surface area contributed by atoms with Gasteiger partial charge in [0.2, 0.25) is 11.8 Å². The van der Waals surface area contributed by atoms with Gasteiger partial charge in [-0.2, -0.15) is 5.10 Å². The highest BCUT2D eigenvalue weighted by molar-refractivity contribution is 6.30. The molecule has 1 aromatic heterocycles. The number of hydrogen-bond donors (Lipinski definition) is 2. The van der Waals surface area contributed by atoms with Crippen molar-refractivity contribution in [1.29, 1.82) is 0 Å². The molecule has 2 heterocycles. The van der Waals surface area contributed by atoms with Gasteiger partial charge in [-0.05, 0) is 37.5 Å². The molecule has 0 spiro atoms. The summed E-state index contributed by atoms with van der Waals surface area (Å²) in [5.41, 5.74) is 0.785. The van der Waals surface area contributed by atoms with Crippen LogP contribution in [0.2, 0.25) is 5.02 Å². The van der Waals surface area contributed by atoms with Gasteiger partial charge in [0.1, 0.15) is 18.1 Å². The summed E-state index contributed by atoms with van der Waals surface area (Å²) in [7, 11) is 0. The SMILES string of the molecule is CC(=O)c1nn(CC(=O)N(CC(=O)NCc2cccc(Cl)c2F)C2CC2)c2cccc(NC(=O)N3CCCC(F)(F)C3)c12. The van der Waals surface area contributed by atoms with Gasteiger partial charge in [-0.15, -0.1) is 0 Å². The highest BCUT2D eigenvalue weighted by Crippen LogP contribution is 2.31. The van der Waals surface area contributed by atoms with Crippen molar-refractivity contribution in [1.82, 2.24) is 24.9 Å². The molecule has 1 saturated heterocycles. The van der Waals surface area contributed by atoms with Crippen molar-refractivity contribution in [3.8, 4) is 0 Å². The summed E-state index contributed by atoms with van der Waals surface area (Å²) in [6.45, 7) is 0.0944. The second-order valence-electron chi connectivity index (χ2n) is 10.8. The number of halogens is 4. The molecule has 2 N–H and O–H groups in total. The van der Waals surface area contributed by atoms with Gasteiger partial charge in [0.25, 0.3) is 5.92 Å². The number of urea groups is 1. The van der Waals surface area contributed by atoms with E-state index < -0.39 is 41.9 Å². The molecule has 2 aromatic carbocycles. The van der Waals surface area contributed by atoms with E-state index in [0.717, 1.165) is 4.90 Å². The molecule has 3 aromatic rings. The molecule has 10 nitrogen and oxygen atoms in total. The second-order valence-corrected chi connectivity index (χ2v) is 11.2. The third-order valence-corrected chi connectivity index (χ3v) is 7.74. The first-order valence-corrected chi connectivity index (χ1v) is 14.2. The number of benzene rings is 2. The first-order valence-electron chi connectivity index (χ1n) is 13.9. The number of likely N-dealkylation sites (tertiary alicyclic amines) is 1. The second kappa shape index (κ2) is 12.2. The number of alkyl halides is 2. The molecule has 4 amide bonds. The van der Waals surface area contributed by atoms with Gasteiger partial charge in [0, 0.05) is 38.0 Å². The van der Waals surface area contributed by atoms with Crippen LogP contribution in [-0.2, 0) is 22.7 Å². The van der Waals surface area contributed by atoms with Gasteiger partial charge >= 0.3 is 6.03 Å². The Bertz CT molecular complexity index is 1590. The molecule has 5 rings (SSSR count). The zero-order valence-electron chi connectivity index (χ0n) is 23.3. The molecule has 2 fully saturated rings. The predicted molar refractivity (Wildman–Crippen MR) is 153 cm³/mol. The molecule has 1 aliphatic carbocycles. The highest BCUT2D eigenvalue weighted by Gasteiger charge is 2.38. The first-order chi connectivity index (χ1) is 20.4. The smallest absolute Gasteiger partial charge is 0.322 e. The number of ketones is 1. The van der Waals surface area contributed by atoms with E-state index in [1.807, 2.05) is 0 Å². The average molecular weight is 619 g/mol. The maximum absolute atomic E-state index is 14.2. The minimum absolute atomic E-state index is 0.00179. The maximum atomic E-state index is 14.2. The molecule has 0 atom stereocenters. The number of carbonyl (C=O) groups excluding carboxylic acids is 4. The Kier molecular flexibility index (Phi) is 8.63. The lowest BCUT2D eigenvalue weighted by atomic mass is 10.1. The zero-order chi connectivity index (χ0) is 30.9. The Labute approximate surface area is 250 Å². The summed E-state index contributed by atoms with van der Waals surface area (Å²) in [4.78, 5) is 54.0. The summed E-state index contributed by atoms with van der Waals surface area (Å²) in [6, 6.07) is 8.35. The quantitative estimate of drug-likeness (QED) is 0.340. The number of aromatic nitrogens is 2. The molecule has 1 saturated carbocycles. The summed E-state index contributed by atoms with van der Waals surface area (Å²) < 4.78 is 43.3. The molecule has 2 aliphatic rings.